The van der Waals surface area contributed by atoms with Crippen LogP contribution in [0.15, 0.2) is 18.2 Å². The Bertz CT molecular complexity index is 482. The van der Waals surface area contributed by atoms with Crippen molar-refractivity contribution in [2.45, 2.75) is 38.0 Å². The van der Waals surface area contributed by atoms with Gasteiger partial charge in [-0.15, -0.1) is 0 Å². The van der Waals surface area contributed by atoms with Crippen molar-refractivity contribution in [1.29, 1.82) is 5.26 Å². The fourth-order valence-electron chi connectivity index (χ4n) is 2.72. The molecule has 1 aromatic rings. The van der Waals surface area contributed by atoms with Crippen molar-refractivity contribution in [1.82, 2.24) is 5.32 Å². The summed E-state index contributed by atoms with van der Waals surface area (Å²) in [5.41, 5.74) is 0.561. The number of hydrogen-bond acceptors (Lipinski definition) is 4. The van der Waals surface area contributed by atoms with E-state index in [0.29, 0.717) is 11.5 Å². The monoisotopic (exact) mass is 290 g/mol. The zero-order valence-corrected chi connectivity index (χ0v) is 13.5. The summed E-state index contributed by atoms with van der Waals surface area (Å²) >= 11 is 0. The molecule has 0 saturated carbocycles. The molecule has 0 amide bonds. The second-order valence-electron chi connectivity index (χ2n) is 5.22. The highest BCUT2D eigenvalue weighted by molar-refractivity contribution is 5.47. The molecular weight excluding hydrogens is 264 g/mol. The fourth-order valence-corrected chi connectivity index (χ4v) is 2.72. The van der Waals surface area contributed by atoms with E-state index in [9.17, 15) is 5.26 Å². The van der Waals surface area contributed by atoms with E-state index in [2.05, 4.69) is 18.3 Å². The lowest BCUT2D eigenvalue weighted by atomic mass is 9.74. The normalized spacial score (nSPS) is 13.3. The number of nitrogens with zero attached hydrogens (tertiary/aromatic N) is 1. The third-order valence-corrected chi connectivity index (χ3v) is 3.86. The van der Waals surface area contributed by atoms with Crippen LogP contribution in [-0.4, -0.2) is 27.8 Å². The Morgan fingerprint density at radius 2 is 1.90 bits per heavy atom. The van der Waals surface area contributed by atoms with E-state index in [4.69, 9.17) is 9.47 Å². The van der Waals surface area contributed by atoms with Gasteiger partial charge in [-0.3, -0.25) is 0 Å². The lowest BCUT2D eigenvalue weighted by Crippen LogP contribution is -2.25. The van der Waals surface area contributed by atoms with E-state index in [1.807, 2.05) is 25.2 Å². The highest BCUT2D eigenvalue weighted by Gasteiger charge is 2.31. The highest BCUT2D eigenvalue weighted by atomic mass is 16.5. The van der Waals surface area contributed by atoms with Crippen LogP contribution in [0, 0.1) is 11.3 Å². The second-order valence-corrected chi connectivity index (χ2v) is 5.22. The standard InChI is InChI=1S/C17H26N2O2/c1-5-9-17(13-18,10-6-11-19-2)14-7-8-15(20-3)16(12-14)21-4/h7-8,12,19H,5-6,9-11H2,1-4H3. The average molecular weight is 290 g/mol. The Hall–Kier alpha value is -1.73. The van der Waals surface area contributed by atoms with Gasteiger partial charge in [0, 0.05) is 0 Å². The van der Waals surface area contributed by atoms with Gasteiger partial charge in [0.1, 0.15) is 0 Å². The highest BCUT2D eigenvalue weighted by Crippen LogP contribution is 2.38. The molecule has 4 heteroatoms. The molecule has 1 aromatic carbocycles. The molecule has 4 nitrogen and oxygen atoms in total. The van der Waals surface area contributed by atoms with E-state index < -0.39 is 5.41 Å². The van der Waals surface area contributed by atoms with Crippen LogP contribution in [0.2, 0.25) is 0 Å². The summed E-state index contributed by atoms with van der Waals surface area (Å²) in [5.74, 6) is 1.37. The van der Waals surface area contributed by atoms with Crippen LogP contribution in [0.25, 0.3) is 0 Å². The van der Waals surface area contributed by atoms with E-state index >= 15 is 0 Å². The first-order valence-electron chi connectivity index (χ1n) is 7.45. The van der Waals surface area contributed by atoms with Gasteiger partial charge < -0.3 is 14.8 Å². The summed E-state index contributed by atoms with van der Waals surface area (Å²) in [6.45, 7) is 3.03. The van der Waals surface area contributed by atoms with Crippen LogP contribution in [0.3, 0.4) is 0 Å². The summed E-state index contributed by atoms with van der Waals surface area (Å²) < 4.78 is 10.7. The molecule has 1 rings (SSSR count). The van der Waals surface area contributed by atoms with Crippen LogP contribution in [0.1, 0.15) is 38.2 Å². The number of ether oxygens (including phenoxy) is 2. The van der Waals surface area contributed by atoms with E-state index in [1.165, 1.54) is 0 Å². The van der Waals surface area contributed by atoms with E-state index in [-0.39, 0.29) is 0 Å². The molecular formula is C17H26N2O2. The molecule has 0 spiro atoms. The summed E-state index contributed by atoms with van der Waals surface area (Å²) in [4.78, 5) is 0. The Morgan fingerprint density at radius 1 is 1.19 bits per heavy atom. The second kappa shape index (κ2) is 8.53. The topological polar surface area (TPSA) is 54.3 Å². The quantitative estimate of drug-likeness (QED) is 0.709. The molecule has 1 atom stereocenters. The molecule has 1 N–H and O–H groups in total. The zero-order chi connectivity index (χ0) is 15.7. The summed E-state index contributed by atoms with van der Waals surface area (Å²) in [6.07, 6.45) is 3.64. The third-order valence-electron chi connectivity index (χ3n) is 3.86. The summed E-state index contributed by atoms with van der Waals surface area (Å²) in [5, 5.41) is 13.0. The Balaban J connectivity index is 3.16. The maximum atomic E-state index is 9.81. The number of nitriles is 1. The van der Waals surface area contributed by atoms with Crippen LogP contribution in [0.4, 0.5) is 0 Å². The predicted molar refractivity (Wildman–Crippen MR) is 84.9 cm³/mol. The first-order valence-corrected chi connectivity index (χ1v) is 7.45. The van der Waals surface area contributed by atoms with Crippen LogP contribution >= 0.6 is 0 Å². The Labute approximate surface area is 128 Å². The molecule has 1 unspecified atom stereocenters. The molecule has 21 heavy (non-hydrogen) atoms. The van der Waals surface area contributed by atoms with Gasteiger partial charge >= 0.3 is 0 Å². The van der Waals surface area contributed by atoms with Crippen molar-refractivity contribution in [2.75, 3.05) is 27.8 Å². The van der Waals surface area contributed by atoms with Gasteiger partial charge in [-0.1, -0.05) is 19.4 Å². The van der Waals surface area contributed by atoms with Gasteiger partial charge in [0.25, 0.3) is 0 Å². The van der Waals surface area contributed by atoms with Crippen LogP contribution in [0.5, 0.6) is 11.5 Å². The average Bonchev–Trinajstić information content (AvgIpc) is 2.53. The van der Waals surface area contributed by atoms with Crippen molar-refractivity contribution in [3.05, 3.63) is 23.8 Å². The van der Waals surface area contributed by atoms with Crippen LogP contribution in [-0.2, 0) is 5.41 Å². The van der Waals surface area contributed by atoms with Gasteiger partial charge in [0.05, 0.1) is 25.7 Å². The molecule has 0 radical (unpaired) electrons. The smallest absolute Gasteiger partial charge is 0.161 e. The Kier molecular flexibility index (Phi) is 7.04. The molecule has 0 heterocycles. The number of hydrogen-bond donors (Lipinski definition) is 1. The minimum absolute atomic E-state index is 0.453. The largest absolute Gasteiger partial charge is 0.493 e. The number of methoxy groups -OCH3 is 2. The maximum Gasteiger partial charge on any atom is 0.161 e. The van der Waals surface area contributed by atoms with Crippen molar-refractivity contribution < 1.29 is 9.47 Å². The molecule has 0 aliphatic rings. The first kappa shape index (κ1) is 17.3. The summed E-state index contributed by atoms with van der Waals surface area (Å²) in [6, 6.07) is 8.37. The van der Waals surface area contributed by atoms with Gasteiger partial charge in [0.15, 0.2) is 11.5 Å². The van der Waals surface area contributed by atoms with Crippen LogP contribution < -0.4 is 14.8 Å². The van der Waals surface area contributed by atoms with Gasteiger partial charge in [0.2, 0.25) is 0 Å². The summed E-state index contributed by atoms with van der Waals surface area (Å²) in [7, 11) is 5.18. The van der Waals surface area contributed by atoms with Crippen molar-refractivity contribution in [2.24, 2.45) is 0 Å². The van der Waals surface area contributed by atoms with Crippen molar-refractivity contribution in [3.63, 3.8) is 0 Å². The maximum absolute atomic E-state index is 9.81. The molecule has 0 fully saturated rings. The molecule has 0 aromatic heterocycles. The number of nitrogens with one attached hydrogen (secondary N) is 1. The number of rotatable bonds is 9. The minimum atomic E-state index is -0.453. The fraction of sp³-hybridized carbons (Fsp3) is 0.588. The molecule has 0 aliphatic carbocycles. The van der Waals surface area contributed by atoms with Gasteiger partial charge in [-0.05, 0) is 50.6 Å². The minimum Gasteiger partial charge on any atom is -0.493 e. The van der Waals surface area contributed by atoms with Crippen molar-refractivity contribution in [3.8, 4) is 17.6 Å². The molecule has 0 bridgehead atoms. The number of benzene rings is 1. The molecule has 116 valence electrons. The lowest BCUT2D eigenvalue weighted by Gasteiger charge is -2.27. The lowest BCUT2D eigenvalue weighted by molar-refractivity contribution is 0.352. The first-order chi connectivity index (χ1) is 10.2. The predicted octanol–water partition coefficient (Wildman–Crippen LogP) is 3.26. The SMILES string of the molecule is CCCC(C#N)(CCCNC)c1ccc(OC)c(OC)c1. The van der Waals surface area contributed by atoms with Gasteiger partial charge in [-0.2, -0.15) is 5.26 Å². The molecule has 0 aliphatic heterocycles. The zero-order valence-electron chi connectivity index (χ0n) is 13.5. The Morgan fingerprint density at radius 3 is 2.43 bits per heavy atom. The van der Waals surface area contributed by atoms with Crippen molar-refractivity contribution >= 4 is 0 Å². The molecule has 0 saturated heterocycles. The third kappa shape index (κ3) is 4.12. The van der Waals surface area contributed by atoms with E-state index in [1.54, 1.807) is 14.2 Å². The van der Waals surface area contributed by atoms with Gasteiger partial charge in [-0.25, -0.2) is 0 Å². The van der Waals surface area contributed by atoms with E-state index in [0.717, 1.165) is 37.8 Å².